The van der Waals surface area contributed by atoms with Gasteiger partial charge in [0.05, 0.1) is 6.61 Å². The molecule has 120 valence electrons. The zero-order chi connectivity index (χ0) is 16.7. The van der Waals surface area contributed by atoms with Crippen molar-refractivity contribution in [3.63, 3.8) is 0 Å². The lowest BCUT2D eigenvalue weighted by molar-refractivity contribution is -0.143. The molecule has 0 amide bonds. The molecule has 6 nitrogen and oxygen atoms in total. The van der Waals surface area contributed by atoms with Gasteiger partial charge in [-0.25, -0.2) is 4.98 Å². The number of imidazole rings is 1. The third-order valence-electron chi connectivity index (χ3n) is 4.01. The Kier molecular flexibility index (Phi) is 3.30. The van der Waals surface area contributed by atoms with Gasteiger partial charge in [-0.1, -0.05) is 24.3 Å². The summed E-state index contributed by atoms with van der Waals surface area (Å²) >= 11 is 0. The molecule has 0 atom stereocenters. The Balaban J connectivity index is 2.16. The first kappa shape index (κ1) is 14.4. The second-order valence-corrected chi connectivity index (χ2v) is 5.45. The van der Waals surface area contributed by atoms with Crippen LogP contribution >= 0.6 is 0 Å². The van der Waals surface area contributed by atoms with E-state index in [9.17, 15) is 9.59 Å². The van der Waals surface area contributed by atoms with Crippen molar-refractivity contribution in [2.24, 2.45) is 0 Å². The first-order valence-electron chi connectivity index (χ1n) is 7.74. The van der Waals surface area contributed by atoms with E-state index in [4.69, 9.17) is 4.74 Å². The third kappa shape index (κ3) is 2.07. The summed E-state index contributed by atoms with van der Waals surface area (Å²) in [7, 11) is 0. The Hall–Kier alpha value is -3.15. The van der Waals surface area contributed by atoms with Gasteiger partial charge >= 0.3 is 5.97 Å². The summed E-state index contributed by atoms with van der Waals surface area (Å²) in [4.78, 5) is 29.6. The van der Waals surface area contributed by atoms with Gasteiger partial charge in [0, 0.05) is 17.0 Å². The van der Waals surface area contributed by atoms with Crippen molar-refractivity contribution in [1.29, 1.82) is 0 Å². The standard InChI is InChI=1S/C18H15N3O3/c1-2-24-15(22)11-21-17-16(19-14-9-5-6-10-20(14)17)12-7-3-4-8-13(12)18(21)23/h3-10H,2,11H2,1H3. The summed E-state index contributed by atoms with van der Waals surface area (Å²) in [5.41, 5.74) is 1.79. The van der Waals surface area contributed by atoms with Crippen LogP contribution in [0.4, 0.5) is 0 Å². The molecule has 1 aromatic carbocycles. The van der Waals surface area contributed by atoms with Crippen LogP contribution in [-0.2, 0) is 16.1 Å². The molecule has 3 heterocycles. The van der Waals surface area contributed by atoms with Gasteiger partial charge < -0.3 is 4.74 Å². The Morgan fingerprint density at radius 1 is 1.12 bits per heavy atom. The van der Waals surface area contributed by atoms with Crippen LogP contribution in [0.1, 0.15) is 6.92 Å². The van der Waals surface area contributed by atoms with Gasteiger partial charge in [-0.15, -0.1) is 0 Å². The molecule has 0 radical (unpaired) electrons. The van der Waals surface area contributed by atoms with Gasteiger partial charge in [0.15, 0.2) is 0 Å². The van der Waals surface area contributed by atoms with Crippen LogP contribution in [0.15, 0.2) is 53.5 Å². The minimum absolute atomic E-state index is 0.142. The van der Waals surface area contributed by atoms with Crippen LogP contribution in [0.2, 0.25) is 0 Å². The number of ether oxygens (including phenoxy) is 1. The molecule has 0 saturated heterocycles. The Morgan fingerprint density at radius 3 is 2.67 bits per heavy atom. The topological polar surface area (TPSA) is 65.6 Å². The van der Waals surface area contributed by atoms with Crippen molar-refractivity contribution in [3.8, 4) is 0 Å². The maximum atomic E-state index is 12.9. The normalized spacial score (nSPS) is 11.4. The predicted molar refractivity (Wildman–Crippen MR) is 91.1 cm³/mol. The number of pyridine rings is 2. The Labute approximate surface area is 136 Å². The van der Waals surface area contributed by atoms with Crippen molar-refractivity contribution in [2.45, 2.75) is 13.5 Å². The van der Waals surface area contributed by atoms with E-state index in [1.165, 1.54) is 4.57 Å². The van der Waals surface area contributed by atoms with Crippen molar-refractivity contribution < 1.29 is 9.53 Å². The Morgan fingerprint density at radius 2 is 1.88 bits per heavy atom. The van der Waals surface area contributed by atoms with Gasteiger partial charge in [0.2, 0.25) is 0 Å². The van der Waals surface area contributed by atoms with Crippen LogP contribution in [0.25, 0.3) is 27.6 Å². The second kappa shape index (κ2) is 5.49. The average molecular weight is 321 g/mol. The molecular formula is C18H15N3O3. The Bertz CT molecular complexity index is 1140. The van der Waals surface area contributed by atoms with Gasteiger partial charge in [-0.3, -0.25) is 18.6 Å². The van der Waals surface area contributed by atoms with Gasteiger partial charge in [-0.05, 0) is 25.1 Å². The summed E-state index contributed by atoms with van der Waals surface area (Å²) in [6, 6.07) is 12.9. The monoisotopic (exact) mass is 321 g/mol. The van der Waals surface area contributed by atoms with E-state index in [0.717, 1.165) is 11.0 Å². The van der Waals surface area contributed by atoms with E-state index in [0.29, 0.717) is 16.6 Å². The molecule has 6 heteroatoms. The molecule has 24 heavy (non-hydrogen) atoms. The molecule has 0 fully saturated rings. The number of carbonyl (C=O) groups is 1. The van der Waals surface area contributed by atoms with Crippen LogP contribution in [-0.4, -0.2) is 26.5 Å². The molecule has 0 aliphatic heterocycles. The van der Waals surface area contributed by atoms with Crippen LogP contribution in [0, 0.1) is 0 Å². The fourth-order valence-corrected chi connectivity index (χ4v) is 3.02. The molecule has 0 unspecified atom stereocenters. The van der Waals surface area contributed by atoms with Crippen molar-refractivity contribution in [1.82, 2.24) is 14.0 Å². The molecule has 0 N–H and O–H groups in total. The molecule has 0 spiro atoms. The highest BCUT2D eigenvalue weighted by molar-refractivity contribution is 6.03. The van der Waals surface area contributed by atoms with Crippen molar-refractivity contribution in [2.75, 3.05) is 6.61 Å². The minimum Gasteiger partial charge on any atom is -0.465 e. The van der Waals surface area contributed by atoms with E-state index in [1.54, 1.807) is 19.1 Å². The average Bonchev–Trinajstić information content (AvgIpc) is 2.98. The number of esters is 1. The fraction of sp³-hybridized carbons (Fsp3) is 0.167. The zero-order valence-corrected chi connectivity index (χ0v) is 13.1. The second-order valence-electron chi connectivity index (χ2n) is 5.45. The summed E-state index contributed by atoms with van der Waals surface area (Å²) in [6.45, 7) is 1.87. The first-order valence-corrected chi connectivity index (χ1v) is 7.74. The number of carbonyl (C=O) groups excluding carboxylic acids is 1. The third-order valence-corrected chi connectivity index (χ3v) is 4.01. The predicted octanol–water partition coefficient (Wildman–Crippen LogP) is 2.37. The SMILES string of the molecule is CCOC(=O)Cn1c(=O)c2ccccc2c2nc3ccccn3c21. The lowest BCUT2D eigenvalue weighted by Crippen LogP contribution is -2.26. The molecule has 0 saturated carbocycles. The lowest BCUT2D eigenvalue weighted by atomic mass is 10.1. The number of benzene rings is 1. The first-order chi connectivity index (χ1) is 11.7. The van der Waals surface area contributed by atoms with Gasteiger partial charge in [0.1, 0.15) is 23.4 Å². The molecule has 3 aromatic heterocycles. The highest BCUT2D eigenvalue weighted by atomic mass is 16.5. The van der Waals surface area contributed by atoms with E-state index in [2.05, 4.69) is 4.98 Å². The number of rotatable bonds is 3. The van der Waals surface area contributed by atoms with Crippen LogP contribution in [0.3, 0.4) is 0 Å². The summed E-state index contributed by atoms with van der Waals surface area (Å²) in [6.07, 6.45) is 1.83. The minimum atomic E-state index is -0.443. The smallest absolute Gasteiger partial charge is 0.326 e. The summed E-state index contributed by atoms with van der Waals surface area (Å²) < 4.78 is 8.28. The quantitative estimate of drug-likeness (QED) is 0.543. The van der Waals surface area contributed by atoms with Crippen molar-refractivity contribution >= 4 is 33.6 Å². The highest BCUT2D eigenvalue weighted by Crippen LogP contribution is 2.23. The van der Waals surface area contributed by atoms with Crippen molar-refractivity contribution in [3.05, 3.63) is 59.0 Å². The zero-order valence-electron chi connectivity index (χ0n) is 13.1. The van der Waals surface area contributed by atoms with E-state index < -0.39 is 5.97 Å². The number of hydrogen-bond donors (Lipinski definition) is 0. The maximum Gasteiger partial charge on any atom is 0.326 e. The van der Waals surface area contributed by atoms with E-state index in [-0.39, 0.29) is 18.7 Å². The maximum absolute atomic E-state index is 12.9. The van der Waals surface area contributed by atoms with Crippen LogP contribution in [0.5, 0.6) is 0 Å². The molecule has 0 aliphatic rings. The van der Waals surface area contributed by atoms with Gasteiger partial charge in [0.25, 0.3) is 5.56 Å². The number of nitrogens with zero attached hydrogens (tertiary/aromatic N) is 3. The summed E-state index contributed by atoms with van der Waals surface area (Å²) in [5, 5.41) is 1.32. The lowest BCUT2D eigenvalue weighted by Gasteiger charge is -2.10. The number of hydrogen-bond acceptors (Lipinski definition) is 4. The number of fused-ring (bicyclic) bond motifs is 5. The van der Waals surface area contributed by atoms with E-state index in [1.807, 2.05) is 40.9 Å². The van der Waals surface area contributed by atoms with Gasteiger partial charge in [-0.2, -0.15) is 0 Å². The fourth-order valence-electron chi connectivity index (χ4n) is 3.02. The van der Waals surface area contributed by atoms with Crippen LogP contribution < -0.4 is 5.56 Å². The molecular weight excluding hydrogens is 306 g/mol. The molecule has 0 aliphatic carbocycles. The number of aromatic nitrogens is 3. The molecule has 4 aromatic rings. The highest BCUT2D eigenvalue weighted by Gasteiger charge is 2.18. The molecule has 4 rings (SSSR count). The largest absolute Gasteiger partial charge is 0.465 e. The van der Waals surface area contributed by atoms with E-state index >= 15 is 0 Å². The summed E-state index contributed by atoms with van der Waals surface area (Å²) in [5.74, 6) is -0.443. The molecule has 0 bridgehead atoms.